The van der Waals surface area contributed by atoms with E-state index in [-0.39, 0.29) is 0 Å². The summed E-state index contributed by atoms with van der Waals surface area (Å²) in [4.78, 5) is 2.45. The third-order valence-corrected chi connectivity index (χ3v) is 4.18. The van der Waals surface area contributed by atoms with Crippen molar-refractivity contribution in [2.75, 3.05) is 18.0 Å². The molecule has 3 rings (SSSR count). The summed E-state index contributed by atoms with van der Waals surface area (Å²) in [5.41, 5.74) is 1.83. The highest BCUT2D eigenvalue weighted by Gasteiger charge is 2.34. The summed E-state index contributed by atoms with van der Waals surface area (Å²) in [5, 5.41) is 12.8. The predicted molar refractivity (Wildman–Crippen MR) is 61.3 cm³/mol. The summed E-state index contributed by atoms with van der Waals surface area (Å²) in [6.07, 6.45) is 5.24. The zero-order valence-corrected chi connectivity index (χ0v) is 9.54. The second-order valence-electron chi connectivity index (χ2n) is 4.33. The van der Waals surface area contributed by atoms with Crippen LogP contribution in [0.2, 0.25) is 0 Å². The highest BCUT2D eigenvalue weighted by Crippen LogP contribution is 2.30. The van der Waals surface area contributed by atoms with Gasteiger partial charge in [-0.3, -0.25) is 0 Å². The van der Waals surface area contributed by atoms with Crippen molar-refractivity contribution in [3.63, 3.8) is 0 Å². The van der Waals surface area contributed by atoms with Crippen LogP contribution in [0.15, 0.2) is 5.51 Å². The van der Waals surface area contributed by atoms with Crippen molar-refractivity contribution >= 4 is 16.5 Å². The quantitative estimate of drug-likeness (QED) is 0.821. The number of nitrogens with one attached hydrogen (secondary N) is 1. The molecule has 0 saturated carbocycles. The van der Waals surface area contributed by atoms with E-state index in [1.54, 1.807) is 11.3 Å². The first-order valence-corrected chi connectivity index (χ1v) is 6.59. The molecule has 0 amide bonds. The zero-order valence-electron chi connectivity index (χ0n) is 8.72. The predicted octanol–water partition coefficient (Wildman–Crippen LogP) is 1.26. The van der Waals surface area contributed by atoms with Gasteiger partial charge in [0.2, 0.25) is 5.13 Å². The van der Waals surface area contributed by atoms with E-state index >= 15 is 0 Å². The number of hydrogen-bond acceptors (Lipinski definition) is 5. The van der Waals surface area contributed by atoms with E-state index in [9.17, 15) is 0 Å². The number of nitrogens with zero attached hydrogens (tertiary/aromatic N) is 3. The highest BCUT2D eigenvalue weighted by atomic mass is 32.1. The Hall–Kier alpha value is -0.680. The van der Waals surface area contributed by atoms with Crippen molar-refractivity contribution in [1.29, 1.82) is 0 Å². The summed E-state index contributed by atoms with van der Waals surface area (Å²) in [6.45, 7) is 2.34. The minimum Gasteiger partial charge on any atom is -0.342 e. The van der Waals surface area contributed by atoms with E-state index in [0.29, 0.717) is 12.1 Å². The fourth-order valence-corrected chi connectivity index (χ4v) is 3.43. The molecule has 1 aromatic rings. The molecule has 0 aliphatic carbocycles. The van der Waals surface area contributed by atoms with Gasteiger partial charge in [0.05, 0.1) is 0 Å². The summed E-state index contributed by atoms with van der Waals surface area (Å²) < 4.78 is 0. The molecule has 2 aliphatic heterocycles. The van der Waals surface area contributed by atoms with Crippen LogP contribution in [0.5, 0.6) is 0 Å². The molecule has 4 nitrogen and oxygen atoms in total. The van der Waals surface area contributed by atoms with Crippen molar-refractivity contribution < 1.29 is 0 Å². The molecule has 1 aromatic heterocycles. The first kappa shape index (κ1) is 9.54. The molecule has 2 fully saturated rings. The van der Waals surface area contributed by atoms with Crippen molar-refractivity contribution in [2.24, 2.45) is 0 Å². The Bertz CT molecular complexity index is 307. The molecule has 15 heavy (non-hydrogen) atoms. The number of anilines is 1. The Kier molecular flexibility index (Phi) is 2.58. The first-order valence-electron chi connectivity index (χ1n) is 5.71. The summed E-state index contributed by atoms with van der Waals surface area (Å²) >= 11 is 1.66. The largest absolute Gasteiger partial charge is 0.342 e. The van der Waals surface area contributed by atoms with Gasteiger partial charge in [-0.25, -0.2) is 0 Å². The Morgan fingerprint density at radius 1 is 1.40 bits per heavy atom. The molecule has 5 heteroatoms. The van der Waals surface area contributed by atoms with Gasteiger partial charge in [0, 0.05) is 18.6 Å². The molecule has 0 radical (unpaired) electrons. The van der Waals surface area contributed by atoms with E-state index in [1.807, 2.05) is 5.51 Å². The molecule has 2 aliphatic rings. The van der Waals surface area contributed by atoms with Gasteiger partial charge in [0.15, 0.2) is 0 Å². The lowest BCUT2D eigenvalue weighted by Gasteiger charge is -2.28. The van der Waals surface area contributed by atoms with Gasteiger partial charge in [-0.1, -0.05) is 11.3 Å². The maximum absolute atomic E-state index is 4.19. The standard InChI is InChI=1S/C10H16N4S/c1-3-8(11-5-1)9-4-2-6-14(9)10-13-12-7-15-10/h7-9,11H,1-6H2. The maximum Gasteiger partial charge on any atom is 0.208 e. The van der Waals surface area contributed by atoms with Gasteiger partial charge in [0.1, 0.15) is 5.51 Å². The molecule has 0 spiro atoms. The Morgan fingerprint density at radius 2 is 2.40 bits per heavy atom. The van der Waals surface area contributed by atoms with Crippen LogP contribution in [-0.2, 0) is 0 Å². The second kappa shape index (κ2) is 4.06. The van der Waals surface area contributed by atoms with Crippen LogP contribution in [0.4, 0.5) is 5.13 Å². The Balaban J connectivity index is 1.77. The van der Waals surface area contributed by atoms with E-state index in [4.69, 9.17) is 0 Å². The summed E-state index contributed by atoms with van der Waals surface area (Å²) in [7, 11) is 0. The monoisotopic (exact) mass is 224 g/mol. The SMILES string of the molecule is c1nnc(N2CCCC2C2CCCN2)s1. The van der Waals surface area contributed by atoms with Crippen LogP contribution in [-0.4, -0.2) is 35.4 Å². The maximum atomic E-state index is 4.19. The van der Waals surface area contributed by atoms with Gasteiger partial charge in [-0.2, -0.15) is 0 Å². The number of rotatable bonds is 2. The third kappa shape index (κ3) is 1.74. The Morgan fingerprint density at radius 3 is 3.13 bits per heavy atom. The lowest BCUT2D eigenvalue weighted by molar-refractivity contribution is 0.482. The average molecular weight is 224 g/mol. The molecule has 2 unspecified atom stereocenters. The third-order valence-electron chi connectivity index (χ3n) is 3.46. The lowest BCUT2D eigenvalue weighted by Crippen LogP contribution is -2.44. The van der Waals surface area contributed by atoms with Crippen LogP contribution in [0.3, 0.4) is 0 Å². The van der Waals surface area contributed by atoms with Crippen LogP contribution in [0.1, 0.15) is 25.7 Å². The van der Waals surface area contributed by atoms with Gasteiger partial charge in [0.25, 0.3) is 0 Å². The minimum absolute atomic E-state index is 0.653. The van der Waals surface area contributed by atoms with Crippen molar-refractivity contribution in [2.45, 2.75) is 37.8 Å². The van der Waals surface area contributed by atoms with E-state index < -0.39 is 0 Å². The fraction of sp³-hybridized carbons (Fsp3) is 0.800. The number of hydrogen-bond donors (Lipinski definition) is 1. The summed E-state index contributed by atoms with van der Waals surface area (Å²) in [5.74, 6) is 0. The van der Waals surface area contributed by atoms with Crippen LogP contribution < -0.4 is 10.2 Å². The Labute approximate surface area is 93.7 Å². The minimum atomic E-state index is 0.653. The first-order chi connectivity index (χ1) is 7.45. The van der Waals surface area contributed by atoms with Gasteiger partial charge in [-0.05, 0) is 32.2 Å². The topological polar surface area (TPSA) is 41.1 Å². The van der Waals surface area contributed by atoms with Gasteiger partial charge in [-0.15, -0.1) is 10.2 Å². The average Bonchev–Trinajstić information content (AvgIpc) is 3.01. The molecular weight excluding hydrogens is 208 g/mol. The molecule has 82 valence electrons. The molecule has 1 N–H and O–H groups in total. The molecule has 3 heterocycles. The van der Waals surface area contributed by atoms with Gasteiger partial charge < -0.3 is 10.2 Å². The van der Waals surface area contributed by atoms with Crippen molar-refractivity contribution in [3.05, 3.63) is 5.51 Å². The smallest absolute Gasteiger partial charge is 0.208 e. The van der Waals surface area contributed by atoms with E-state index in [1.165, 1.54) is 32.2 Å². The molecule has 0 bridgehead atoms. The molecule has 0 aromatic carbocycles. The summed E-state index contributed by atoms with van der Waals surface area (Å²) in [6, 6.07) is 1.33. The normalized spacial score (nSPS) is 31.3. The van der Waals surface area contributed by atoms with Crippen molar-refractivity contribution in [3.8, 4) is 0 Å². The van der Waals surface area contributed by atoms with Crippen LogP contribution in [0, 0.1) is 0 Å². The van der Waals surface area contributed by atoms with Crippen LogP contribution in [0.25, 0.3) is 0 Å². The van der Waals surface area contributed by atoms with Gasteiger partial charge >= 0.3 is 0 Å². The van der Waals surface area contributed by atoms with Crippen molar-refractivity contribution in [1.82, 2.24) is 15.5 Å². The lowest BCUT2D eigenvalue weighted by atomic mass is 10.0. The molecular formula is C10H16N4S. The van der Waals surface area contributed by atoms with Crippen LogP contribution >= 0.6 is 11.3 Å². The van der Waals surface area contributed by atoms with E-state index in [2.05, 4.69) is 20.4 Å². The molecule has 2 atom stereocenters. The molecule has 2 saturated heterocycles. The zero-order chi connectivity index (χ0) is 10.1. The highest BCUT2D eigenvalue weighted by molar-refractivity contribution is 7.13. The fourth-order valence-electron chi connectivity index (χ4n) is 2.78. The number of aromatic nitrogens is 2. The second-order valence-corrected chi connectivity index (χ2v) is 5.14. The van der Waals surface area contributed by atoms with E-state index in [0.717, 1.165) is 11.7 Å².